The SMILES string of the molecule is CC(=O)Nc1cccc(NC(=O)c2cc(N)ccn2)c1. The highest BCUT2D eigenvalue weighted by atomic mass is 16.2. The quantitative estimate of drug-likeness (QED) is 0.793. The molecule has 6 nitrogen and oxygen atoms in total. The van der Waals surface area contributed by atoms with Gasteiger partial charge in [-0.05, 0) is 30.3 Å². The summed E-state index contributed by atoms with van der Waals surface area (Å²) in [6.07, 6.45) is 1.47. The Hall–Kier alpha value is -2.89. The van der Waals surface area contributed by atoms with Crippen LogP contribution in [0.1, 0.15) is 17.4 Å². The van der Waals surface area contributed by atoms with Crippen LogP contribution in [0.15, 0.2) is 42.6 Å². The summed E-state index contributed by atoms with van der Waals surface area (Å²) in [7, 11) is 0. The molecule has 0 fully saturated rings. The maximum atomic E-state index is 12.0. The van der Waals surface area contributed by atoms with E-state index in [9.17, 15) is 9.59 Å². The number of carbonyl (C=O) groups excluding carboxylic acids is 2. The molecular formula is C14H14N4O2. The summed E-state index contributed by atoms with van der Waals surface area (Å²) < 4.78 is 0. The zero-order valence-electron chi connectivity index (χ0n) is 10.9. The highest BCUT2D eigenvalue weighted by Crippen LogP contribution is 2.16. The second-order valence-electron chi connectivity index (χ2n) is 4.19. The number of pyridine rings is 1. The standard InChI is InChI=1S/C14H14N4O2/c1-9(19)17-11-3-2-4-12(8-11)18-14(20)13-7-10(15)5-6-16-13/h2-8H,1H3,(H2,15,16)(H,17,19)(H,18,20). The van der Waals surface area contributed by atoms with Gasteiger partial charge in [-0.15, -0.1) is 0 Å². The fourth-order valence-corrected chi connectivity index (χ4v) is 1.64. The molecule has 0 atom stereocenters. The molecule has 0 saturated carbocycles. The molecule has 0 aliphatic rings. The van der Waals surface area contributed by atoms with E-state index in [1.165, 1.54) is 19.2 Å². The summed E-state index contributed by atoms with van der Waals surface area (Å²) in [6, 6.07) is 9.94. The molecule has 0 unspecified atom stereocenters. The van der Waals surface area contributed by atoms with Crippen LogP contribution in [0.5, 0.6) is 0 Å². The number of nitrogens with two attached hydrogens (primary N) is 1. The van der Waals surface area contributed by atoms with E-state index in [2.05, 4.69) is 15.6 Å². The Bertz CT molecular complexity index is 655. The third-order valence-electron chi connectivity index (χ3n) is 2.46. The van der Waals surface area contributed by atoms with Crippen LogP contribution in [0.4, 0.5) is 17.1 Å². The van der Waals surface area contributed by atoms with Gasteiger partial charge in [-0.25, -0.2) is 0 Å². The topological polar surface area (TPSA) is 97.1 Å². The van der Waals surface area contributed by atoms with Gasteiger partial charge in [-0.2, -0.15) is 0 Å². The Kier molecular flexibility index (Phi) is 3.95. The highest BCUT2D eigenvalue weighted by Gasteiger charge is 2.08. The molecular weight excluding hydrogens is 256 g/mol. The molecule has 20 heavy (non-hydrogen) atoms. The van der Waals surface area contributed by atoms with Gasteiger partial charge in [0.15, 0.2) is 0 Å². The van der Waals surface area contributed by atoms with Crippen molar-refractivity contribution >= 4 is 28.9 Å². The number of carbonyl (C=O) groups is 2. The third-order valence-corrected chi connectivity index (χ3v) is 2.46. The number of aromatic nitrogens is 1. The number of nitrogens with zero attached hydrogens (tertiary/aromatic N) is 1. The Morgan fingerprint density at radius 2 is 1.80 bits per heavy atom. The van der Waals surface area contributed by atoms with Crippen LogP contribution in [0.3, 0.4) is 0 Å². The first-order valence-corrected chi connectivity index (χ1v) is 5.95. The van der Waals surface area contributed by atoms with E-state index in [0.717, 1.165) is 0 Å². The van der Waals surface area contributed by atoms with Crippen LogP contribution in [0, 0.1) is 0 Å². The Morgan fingerprint density at radius 1 is 1.10 bits per heavy atom. The van der Waals surface area contributed by atoms with Gasteiger partial charge in [-0.1, -0.05) is 6.07 Å². The molecule has 0 aliphatic carbocycles. The van der Waals surface area contributed by atoms with E-state index < -0.39 is 0 Å². The second kappa shape index (κ2) is 5.83. The summed E-state index contributed by atoms with van der Waals surface area (Å²) in [6.45, 7) is 1.42. The number of benzene rings is 1. The Balaban J connectivity index is 2.13. The van der Waals surface area contributed by atoms with Gasteiger partial charge in [0, 0.05) is 30.2 Å². The van der Waals surface area contributed by atoms with Crippen molar-refractivity contribution in [3.63, 3.8) is 0 Å². The van der Waals surface area contributed by atoms with Gasteiger partial charge in [0.2, 0.25) is 5.91 Å². The first-order valence-electron chi connectivity index (χ1n) is 5.95. The Morgan fingerprint density at radius 3 is 2.45 bits per heavy atom. The fourth-order valence-electron chi connectivity index (χ4n) is 1.64. The Labute approximate surface area is 116 Å². The maximum Gasteiger partial charge on any atom is 0.274 e. The van der Waals surface area contributed by atoms with Crippen molar-refractivity contribution < 1.29 is 9.59 Å². The zero-order valence-corrected chi connectivity index (χ0v) is 10.9. The van der Waals surface area contributed by atoms with Crippen molar-refractivity contribution in [3.8, 4) is 0 Å². The predicted octanol–water partition coefficient (Wildman–Crippen LogP) is 1.87. The predicted molar refractivity (Wildman–Crippen MR) is 77.3 cm³/mol. The number of nitrogen functional groups attached to an aromatic ring is 1. The monoisotopic (exact) mass is 270 g/mol. The molecule has 0 saturated heterocycles. The molecule has 1 aromatic carbocycles. The third kappa shape index (κ3) is 3.55. The smallest absolute Gasteiger partial charge is 0.274 e. The van der Waals surface area contributed by atoms with E-state index >= 15 is 0 Å². The van der Waals surface area contributed by atoms with Crippen LogP contribution in [-0.2, 0) is 4.79 Å². The largest absolute Gasteiger partial charge is 0.399 e. The van der Waals surface area contributed by atoms with E-state index in [1.54, 1.807) is 30.3 Å². The molecule has 2 aromatic rings. The van der Waals surface area contributed by atoms with Crippen molar-refractivity contribution in [3.05, 3.63) is 48.3 Å². The van der Waals surface area contributed by atoms with Crippen LogP contribution >= 0.6 is 0 Å². The van der Waals surface area contributed by atoms with Gasteiger partial charge < -0.3 is 16.4 Å². The molecule has 6 heteroatoms. The zero-order chi connectivity index (χ0) is 14.5. The molecule has 4 N–H and O–H groups in total. The molecule has 0 aliphatic heterocycles. The van der Waals surface area contributed by atoms with Gasteiger partial charge in [0.25, 0.3) is 5.91 Å². The van der Waals surface area contributed by atoms with E-state index in [-0.39, 0.29) is 17.5 Å². The first kappa shape index (κ1) is 13.5. The minimum Gasteiger partial charge on any atom is -0.399 e. The molecule has 2 amide bonds. The van der Waals surface area contributed by atoms with Crippen molar-refractivity contribution in [2.75, 3.05) is 16.4 Å². The lowest BCUT2D eigenvalue weighted by molar-refractivity contribution is -0.114. The van der Waals surface area contributed by atoms with E-state index in [0.29, 0.717) is 17.1 Å². The molecule has 1 heterocycles. The number of amides is 2. The van der Waals surface area contributed by atoms with Gasteiger partial charge >= 0.3 is 0 Å². The first-order chi connectivity index (χ1) is 9.54. The second-order valence-corrected chi connectivity index (χ2v) is 4.19. The molecule has 1 aromatic heterocycles. The fraction of sp³-hybridized carbons (Fsp3) is 0.0714. The molecule has 0 spiro atoms. The highest BCUT2D eigenvalue weighted by molar-refractivity contribution is 6.03. The van der Waals surface area contributed by atoms with Crippen LogP contribution in [-0.4, -0.2) is 16.8 Å². The summed E-state index contributed by atoms with van der Waals surface area (Å²) in [5.41, 5.74) is 7.47. The molecule has 102 valence electrons. The summed E-state index contributed by atoms with van der Waals surface area (Å²) in [4.78, 5) is 26.9. The summed E-state index contributed by atoms with van der Waals surface area (Å²) in [5.74, 6) is -0.539. The lowest BCUT2D eigenvalue weighted by Gasteiger charge is -2.07. The number of hydrogen-bond donors (Lipinski definition) is 3. The van der Waals surface area contributed by atoms with Gasteiger partial charge in [-0.3, -0.25) is 14.6 Å². The van der Waals surface area contributed by atoms with E-state index in [1.807, 2.05) is 0 Å². The average molecular weight is 270 g/mol. The van der Waals surface area contributed by atoms with Crippen molar-refractivity contribution in [2.24, 2.45) is 0 Å². The van der Waals surface area contributed by atoms with Crippen LogP contribution in [0.25, 0.3) is 0 Å². The molecule has 0 bridgehead atoms. The minimum atomic E-state index is -0.364. The van der Waals surface area contributed by atoms with Gasteiger partial charge in [0.1, 0.15) is 5.69 Å². The normalized spacial score (nSPS) is 9.85. The lowest BCUT2D eigenvalue weighted by atomic mass is 10.2. The maximum absolute atomic E-state index is 12.0. The van der Waals surface area contributed by atoms with Crippen molar-refractivity contribution in [2.45, 2.75) is 6.92 Å². The summed E-state index contributed by atoms with van der Waals surface area (Å²) in [5, 5.41) is 5.33. The van der Waals surface area contributed by atoms with Gasteiger partial charge in [0.05, 0.1) is 0 Å². The summed E-state index contributed by atoms with van der Waals surface area (Å²) >= 11 is 0. The molecule has 2 rings (SSSR count). The van der Waals surface area contributed by atoms with E-state index in [4.69, 9.17) is 5.73 Å². The van der Waals surface area contributed by atoms with Crippen LogP contribution in [0.2, 0.25) is 0 Å². The number of anilines is 3. The van der Waals surface area contributed by atoms with Crippen molar-refractivity contribution in [1.82, 2.24) is 4.98 Å². The number of hydrogen-bond acceptors (Lipinski definition) is 4. The lowest BCUT2D eigenvalue weighted by Crippen LogP contribution is -2.14. The van der Waals surface area contributed by atoms with Crippen molar-refractivity contribution in [1.29, 1.82) is 0 Å². The minimum absolute atomic E-state index is 0.175. The number of rotatable bonds is 3. The average Bonchev–Trinajstić information content (AvgIpc) is 2.38. The molecule has 0 radical (unpaired) electrons. The number of nitrogens with one attached hydrogen (secondary N) is 2. The van der Waals surface area contributed by atoms with Crippen LogP contribution < -0.4 is 16.4 Å².